The number of cyclic esters (lactones) is 1. The van der Waals surface area contributed by atoms with Crippen LogP contribution in [0.4, 0.5) is 5.69 Å². The van der Waals surface area contributed by atoms with Gasteiger partial charge in [0.1, 0.15) is 35.4 Å². The van der Waals surface area contributed by atoms with Crippen molar-refractivity contribution in [2.24, 2.45) is 0 Å². The quantitative estimate of drug-likeness (QED) is 0.0176. The van der Waals surface area contributed by atoms with Crippen molar-refractivity contribution in [3.63, 3.8) is 0 Å². The molecule has 0 amide bonds. The summed E-state index contributed by atoms with van der Waals surface area (Å²) in [7, 11) is 4.54. The number of hydrogen-bond donors (Lipinski definition) is 5. The number of ether oxygens (including phenoxy) is 11. The molecule has 6 aromatic rings. The summed E-state index contributed by atoms with van der Waals surface area (Å²) < 4.78 is 63.1. The second kappa shape index (κ2) is 23.4. The molecule has 5 N–H and O–H groups in total. The maximum absolute atomic E-state index is 13.7. The number of aliphatic hydroxyl groups is 1. The largest absolute Gasteiger partial charge is 0.508 e. The fraction of sp³-hybridized carbons (Fsp3) is 0.293. The molecule has 0 aliphatic carbocycles. The molecule has 3 aliphatic heterocycles. The first kappa shape index (κ1) is 53.7. The second-order valence-corrected chi connectivity index (χ2v) is 18.6. The summed E-state index contributed by atoms with van der Waals surface area (Å²) in [5.41, 5.74) is 4.32. The highest BCUT2D eigenvalue weighted by atomic mass is 32.1. The van der Waals surface area contributed by atoms with Gasteiger partial charge in [0.2, 0.25) is 12.5 Å². The summed E-state index contributed by atoms with van der Waals surface area (Å²) in [5, 5.41) is 39.4. The number of benzene rings is 6. The highest BCUT2D eigenvalue weighted by molar-refractivity contribution is 7.80. The number of phenolic OH excluding ortho intramolecular Hbond substituents is 2. The van der Waals surface area contributed by atoms with Crippen molar-refractivity contribution < 1.29 is 77.0 Å². The van der Waals surface area contributed by atoms with Gasteiger partial charge in [-0.15, -0.1) is 0 Å². The Balaban J connectivity index is 0.728. The predicted octanol–water partition coefficient (Wildman–Crippen LogP) is 8.33. The summed E-state index contributed by atoms with van der Waals surface area (Å²) in [6.07, 6.45) is 0.0423. The van der Waals surface area contributed by atoms with E-state index in [1.54, 1.807) is 84.9 Å². The zero-order valence-electron chi connectivity index (χ0n) is 43.0. The van der Waals surface area contributed by atoms with E-state index >= 15 is 0 Å². The van der Waals surface area contributed by atoms with E-state index in [2.05, 4.69) is 10.6 Å². The Bertz CT molecular complexity index is 3160. The van der Waals surface area contributed by atoms with Gasteiger partial charge in [-0.2, -0.15) is 0 Å². The zero-order chi connectivity index (χ0) is 54.3. The molecular formula is C58H58N2O16S. The summed E-state index contributed by atoms with van der Waals surface area (Å²) in [4.78, 5) is 27.0. The summed E-state index contributed by atoms with van der Waals surface area (Å²) in [6.45, 7) is 5.99. The van der Waals surface area contributed by atoms with E-state index in [9.17, 15) is 24.9 Å². The van der Waals surface area contributed by atoms with Gasteiger partial charge in [0.25, 0.3) is 5.79 Å². The molecule has 9 rings (SSSR count). The molecule has 6 aromatic carbocycles. The third kappa shape index (κ3) is 11.4. The number of thiocarbonyl (C=S) groups is 1. The molecule has 1 atom stereocenters. The highest BCUT2D eigenvalue weighted by Crippen LogP contribution is 2.54. The van der Waals surface area contributed by atoms with Gasteiger partial charge < -0.3 is 78.1 Å². The smallest absolute Gasteiger partial charge is 0.342 e. The minimum Gasteiger partial charge on any atom is -0.508 e. The number of Topliss-reactive ketones (excluding diaryl/α,β-unsaturated/α-hetero) is 1. The first-order chi connectivity index (χ1) is 37.2. The lowest BCUT2D eigenvalue weighted by molar-refractivity contribution is -0.185. The van der Waals surface area contributed by atoms with Crippen molar-refractivity contribution in [1.82, 2.24) is 5.32 Å². The molecule has 0 aromatic heterocycles. The fourth-order valence-electron chi connectivity index (χ4n) is 9.62. The van der Waals surface area contributed by atoms with Crippen LogP contribution in [0.15, 0.2) is 115 Å². The molecule has 3 heterocycles. The third-order valence-corrected chi connectivity index (χ3v) is 13.6. The number of carbonyl (C=O) groups excluding carboxylic acids is 2. The Morgan fingerprint density at radius 2 is 1.32 bits per heavy atom. The number of rotatable bonds is 23. The molecule has 0 radical (unpaired) electrons. The van der Waals surface area contributed by atoms with Crippen LogP contribution in [0.25, 0.3) is 5.57 Å². The van der Waals surface area contributed by atoms with Gasteiger partial charge in [-0.25, -0.2) is 4.79 Å². The van der Waals surface area contributed by atoms with Gasteiger partial charge >= 0.3 is 5.97 Å². The van der Waals surface area contributed by atoms with Crippen LogP contribution in [0, 0.1) is 0 Å². The Morgan fingerprint density at radius 1 is 0.688 bits per heavy atom. The van der Waals surface area contributed by atoms with Crippen LogP contribution in [0.5, 0.6) is 57.5 Å². The first-order valence-electron chi connectivity index (χ1n) is 24.6. The van der Waals surface area contributed by atoms with E-state index in [1.165, 1.54) is 40.4 Å². The van der Waals surface area contributed by atoms with E-state index in [1.807, 2.05) is 19.1 Å². The lowest BCUT2D eigenvalue weighted by Gasteiger charge is -2.39. The Morgan fingerprint density at radius 3 is 1.97 bits per heavy atom. The highest BCUT2D eigenvalue weighted by Gasteiger charge is 2.49. The fourth-order valence-corrected chi connectivity index (χ4v) is 9.84. The summed E-state index contributed by atoms with van der Waals surface area (Å²) in [6, 6.07) is 30.5. The molecule has 0 saturated carbocycles. The van der Waals surface area contributed by atoms with Crippen LogP contribution in [-0.2, 0) is 41.4 Å². The predicted molar refractivity (Wildman–Crippen MR) is 286 cm³/mol. The van der Waals surface area contributed by atoms with E-state index < -0.39 is 17.2 Å². The number of esters is 1. The van der Waals surface area contributed by atoms with E-state index in [0.717, 1.165) is 16.7 Å². The molecule has 1 unspecified atom stereocenters. The Labute approximate surface area is 449 Å². The maximum Gasteiger partial charge on any atom is 0.342 e. The molecule has 0 fully saturated rings. The second-order valence-electron chi connectivity index (χ2n) is 18.2. The monoisotopic (exact) mass is 1070 g/mol. The normalized spacial score (nSPS) is 15.7. The Hall–Kier alpha value is -8.07. The van der Waals surface area contributed by atoms with E-state index in [0.29, 0.717) is 119 Å². The average molecular weight is 1070 g/mol. The molecule has 0 spiro atoms. The number of phenols is 2. The number of carbonyl (C=O) groups is 2. The van der Waals surface area contributed by atoms with Crippen LogP contribution in [0.2, 0.25) is 0 Å². The van der Waals surface area contributed by atoms with Gasteiger partial charge in [-0.1, -0.05) is 24.3 Å². The van der Waals surface area contributed by atoms with Gasteiger partial charge in [0, 0.05) is 58.6 Å². The maximum atomic E-state index is 13.7. The van der Waals surface area contributed by atoms with Gasteiger partial charge in [0.15, 0.2) is 33.9 Å². The molecule has 19 heteroatoms. The lowest BCUT2D eigenvalue weighted by Crippen LogP contribution is -2.32. The van der Waals surface area contributed by atoms with Crippen molar-refractivity contribution in [2.45, 2.75) is 31.5 Å². The number of fused-ring (bicyclic) bond motifs is 3. The van der Waals surface area contributed by atoms with Crippen molar-refractivity contribution in [1.29, 1.82) is 0 Å². The van der Waals surface area contributed by atoms with E-state index in [-0.39, 0.29) is 54.9 Å². The SMILES string of the molecule is COc1ccc(C2(O)OC(=O)C(c3ccc4c(c3)OCO4)=C2Cc2cc(OC)c(OC)c(OCCOCCOCCOCCNC(=S)Nc3ccc(C4(C)c5ccc(O)cc5Oc5cc(O)ccc54)c(C(C)=O)c3)c2)cc1. The standard InChI is InChI=1S/C58H58N2O16S/c1-34(61)42-30-38(9-14-43(42)57(2)44-15-10-39(62)31-48(44)75-49-32-40(63)11-16-45(49)57)60-56(77)59-18-19-69-20-21-70-22-23-71-24-25-72-52-28-35(27-51(67-4)54(52)68-5)26-46-53(36-6-17-47-50(29-36)74-33-73-47)55(64)76-58(46,65)37-7-12-41(66-3)13-8-37/h6-17,27-32,62-63,65H,18-26,33H2,1-5H3,(H2,59,60,77). The number of ketones is 1. The van der Waals surface area contributed by atoms with Crippen molar-refractivity contribution in [3.8, 4) is 57.5 Å². The van der Waals surface area contributed by atoms with Crippen LogP contribution >= 0.6 is 12.2 Å². The molecule has 0 saturated heterocycles. The van der Waals surface area contributed by atoms with Crippen molar-refractivity contribution in [3.05, 3.63) is 154 Å². The van der Waals surface area contributed by atoms with Gasteiger partial charge in [-0.05, 0) is 116 Å². The number of methoxy groups -OCH3 is 3. The van der Waals surface area contributed by atoms with Crippen LogP contribution in [-0.4, -0.2) is 113 Å². The number of aromatic hydroxyl groups is 2. The summed E-state index contributed by atoms with van der Waals surface area (Å²) in [5.74, 6) is 0.535. The van der Waals surface area contributed by atoms with Crippen LogP contribution in [0.3, 0.4) is 0 Å². The molecule has 0 bridgehead atoms. The first-order valence-corrected chi connectivity index (χ1v) is 25.0. The van der Waals surface area contributed by atoms with Crippen LogP contribution < -0.4 is 43.8 Å². The third-order valence-electron chi connectivity index (χ3n) is 13.4. The van der Waals surface area contributed by atoms with Crippen molar-refractivity contribution in [2.75, 3.05) is 86.2 Å². The average Bonchev–Trinajstić information content (AvgIpc) is 4.10. The molecular weight excluding hydrogens is 1010 g/mol. The number of anilines is 1. The minimum atomic E-state index is -2.13. The minimum absolute atomic E-state index is 0.0273. The topological polar surface area (TPSA) is 220 Å². The molecule has 402 valence electrons. The zero-order valence-corrected chi connectivity index (χ0v) is 43.8. The van der Waals surface area contributed by atoms with E-state index in [4.69, 9.17) is 64.3 Å². The number of hydrogen-bond acceptors (Lipinski definition) is 17. The summed E-state index contributed by atoms with van der Waals surface area (Å²) >= 11 is 5.56. The van der Waals surface area contributed by atoms with Crippen molar-refractivity contribution >= 4 is 40.3 Å². The van der Waals surface area contributed by atoms with Crippen LogP contribution in [0.1, 0.15) is 57.6 Å². The molecule has 3 aliphatic rings. The molecule has 77 heavy (non-hydrogen) atoms. The number of nitrogens with one attached hydrogen (secondary N) is 2. The van der Waals surface area contributed by atoms with Gasteiger partial charge in [0.05, 0.1) is 72.0 Å². The lowest BCUT2D eigenvalue weighted by atomic mass is 9.67. The Kier molecular flexibility index (Phi) is 16.4. The molecule has 18 nitrogen and oxygen atoms in total. The van der Waals surface area contributed by atoms with Gasteiger partial charge in [-0.3, -0.25) is 4.79 Å².